The van der Waals surface area contributed by atoms with Crippen molar-refractivity contribution in [3.05, 3.63) is 59.7 Å². The van der Waals surface area contributed by atoms with Crippen LogP contribution in [0.4, 0.5) is 14.5 Å². The number of aromatic nitrogens is 4. The minimum atomic E-state index is -0.889. The number of hydrogen-bond donors (Lipinski definition) is 2. The monoisotopic (exact) mass is 358 g/mol. The van der Waals surface area contributed by atoms with E-state index in [4.69, 9.17) is 5.73 Å². The van der Waals surface area contributed by atoms with Crippen LogP contribution in [0.1, 0.15) is 10.4 Å². The Hall–Kier alpha value is -3.69. The van der Waals surface area contributed by atoms with Crippen LogP contribution in [0, 0.1) is 11.6 Å². The van der Waals surface area contributed by atoms with Gasteiger partial charge in [-0.15, -0.1) is 10.2 Å². The Bertz CT molecular complexity index is 951. The number of tetrazole rings is 1. The molecule has 0 saturated heterocycles. The van der Waals surface area contributed by atoms with E-state index in [1.807, 2.05) is 0 Å². The summed E-state index contributed by atoms with van der Waals surface area (Å²) in [4.78, 5) is 24.0. The zero-order chi connectivity index (χ0) is 18.7. The molecule has 0 spiro atoms. The number of nitrogens with two attached hydrogens (primary N) is 1. The van der Waals surface area contributed by atoms with E-state index >= 15 is 0 Å². The highest BCUT2D eigenvalue weighted by Gasteiger charge is 2.14. The van der Waals surface area contributed by atoms with E-state index in [9.17, 15) is 18.4 Å². The number of carbonyl (C=O) groups excluding carboxylic acids is 2. The molecule has 2 aromatic carbocycles. The van der Waals surface area contributed by atoms with Gasteiger partial charge in [0.2, 0.25) is 17.6 Å². The van der Waals surface area contributed by atoms with Gasteiger partial charge in [0.1, 0.15) is 23.9 Å². The van der Waals surface area contributed by atoms with Crippen molar-refractivity contribution in [2.45, 2.75) is 6.54 Å². The van der Waals surface area contributed by atoms with Gasteiger partial charge in [-0.1, -0.05) is 18.2 Å². The summed E-state index contributed by atoms with van der Waals surface area (Å²) in [7, 11) is 0. The number of carbonyl (C=O) groups is 2. The molecule has 0 aliphatic rings. The maximum atomic E-state index is 13.5. The Balaban J connectivity index is 1.70. The third-order valence-corrected chi connectivity index (χ3v) is 3.39. The Morgan fingerprint density at radius 1 is 1.08 bits per heavy atom. The van der Waals surface area contributed by atoms with Crippen molar-refractivity contribution in [2.75, 3.05) is 5.32 Å². The van der Waals surface area contributed by atoms with Gasteiger partial charge in [-0.05, 0) is 29.5 Å². The fraction of sp³-hybridized carbons (Fsp3) is 0.0625. The van der Waals surface area contributed by atoms with Crippen molar-refractivity contribution in [1.29, 1.82) is 0 Å². The van der Waals surface area contributed by atoms with Crippen LogP contribution in [0.15, 0.2) is 42.5 Å². The summed E-state index contributed by atoms with van der Waals surface area (Å²) in [6.45, 7) is -0.389. The highest BCUT2D eigenvalue weighted by molar-refractivity contribution is 5.93. The van der Waals surface area contributed by atoms with Gasteiger partial charge in [-0.2, -0.15) is 4.80 Å². The third kappa shape index (κ3) is 3.69. The molecule has 0 aliphatic carbocycles. The van der Waals surface area contributed by atoms with Crippen LogP contribution in [-0.2, 0) is 11.3 Å². The van der Waals surface area contributed by atoms with E-state index in [0.717, 1.165) is 16.9 Å². The van der Waals surface area contributed by atoms with Crippen molar-refractivity contribution in [2.24, 2.45) is 5.73 Å². The first-order valence-corrected chi connectivity index (χ1v) is 7.36. The van der Waals surface area contributed by atoms with E-state index in [0.29, 0.717) is 11.1 Å². The first-order chi connectivity index (χ1) is 12.4. The number of hydrogen-bond acceptors (Lipinski definition) is 5. The topological polar surface area (TPSA) is 116 Å². The van der Waals surface area contributed by atoms with Gasteiger partial charge in [-0.25, -0.2) is 8.78 Å². The lowest BCUT2D eigenvalue weighted by Gasteiger charge is -2.06. The molecule has 0 saturated carbocycles. The van der Waals surface area contributed by atoms with Crippen molar-refractivity contribution < 1.29 is 18.4 Å². The minimum Gasteiger partial charge on any atom is -0.366 e. The number of nitrogens with one attached hydrogen (secondary N) is 1. The highest BCUT2D eigenvalue weighted by Crippen LogP contribution is 2.18. The fourth-order valence-corrected chi connectivity index (χ4v) is 2.13. The molecule has 2 amide bonds. The quantitative estimate of drug-likeness (QED) is 0.714. The number of benzene rings is 2. The van der Waals surface area contributed by atoms with Crippen molar-refractivity contribution in [3.63, 3.8) is 0 Å². The lowest BCUT2D eigenvalue weighted by atomic mass is 10.1. The summed E-state index contributed by atoms with van der Waals surface area (Å²) >= 11 is 0. The average molecular weight is 358 g/mol. The molecule has 0 fully saturated rings. The number of anilines is 1. The van der Waals surface area contributed by atoms with Crippen LogP contribution in [0.5, 0.6) is 0 Å². The Kier molecular flexibility index (Phi) is 4.65. The third-order valence-electron chi connectivity index (χ3n) is 3.39. The Morgan fingerprint density at radius 3 is 2.35 bits per heavy atom. The van der Waals surface area contributed by atoms with Gasteiger partial charge in [-0.3, -0.25) is 9.59 Å². The van der Waals surface area contributed by atoms with E-state index < -0.39 is 29.1 Å². The zero-order valence-electron chi connectivity index (χ0n) is 13.2. The fourth-order valence-electron chi connectivity index (χ4n) is 2.13. The van der Waals surface area contributed by atoms with E-state index in [1.165, 1.54) is 18.2 Å². The van der Waals surface area contributed by atoms with Gasteiger partial charge in [0, 0.05) is 11.1 Å². The largest absolute Gasteiger partial charge is 0.366 e. The summed E-state index contributed by atoms with van der Waals surface area (Å²) < 4.78 is 27.1. The highest BCUT2D eigenvalue weighted by atomic mass is 19.1. The maximum Gasteiger partial charge on any atom is 0.248 e. The van der Waals surface area contributed by atoms with E-state index in [-0.39, 0.29) is 12.4 Å². The first-order valence-electron chi connectivity index (χ1n) is 7.36. The maximum absolute atomic E-state index is 13.5. The molecule has 3 rings (SSSR count). The SMILES string of the molecule is NC(=O)c1ccc(-c2nnn(CC(=O)Nc3c(F)cccc3F)n2)cc1. The zero-order valence-corrected chi connectivity index (χ0v) is 13.2. The molecule has 3 aromatic rings. The molecule has 10 heteroatoms. The van der Waals surface area contributed by atoms with Crippen molar-refractivity contribution in [3.8, 4) is 11.4 Å². The lowest BCUT2D eigenvalue weighted by molar-refractivity contribution is -0.117. The molecular weight excluding hydrogens is 346 g/mol. The number of nitrogens with zero attached hydrogens (tertiary/aromatic N) is 4. The van der Waals surface area contributed by atoms with Gasteiger partial charge in [0.25, 0.3) is 0 Å². The summed E-state index contributed by atoms with van der Waals surface area (Å²) in [5.41, 5.74) is 5.50. The first kappa shape index (κ1) is 17.1. The molecule has 1 heterocycles. The van der Waals surface area contributed by atoms with Crippen LogP contribution in [0.3, 0.4) is 0 Å². The molecule has 8 nitrogen and oxygen atoms in total. The second kappa shape index (κ2) is 7.05. The standard InChI is InChI=1S/C16H12F2N6O2/c17-11-2-1-3-12(18)14(11)20-13(25)8-24-22-16(21-23-24)10-6-4-9(5-7-10)15(19)26/h1-7H,8H2,(H2,19,26)(H,20,25). The van der Waals surface area contributed by atoms with Crippen LogP contribution < -0.4 is 11.1 Å². The summed E-state index contributed by atoms with van der Waals surface area (Å²) in [6, 6.07) is 9.42. The van der Waals surface area contributed by atoms with Crippen molar-refractivity contribution >= 4 is 17.5 Å². The van der Waals surface area contributed by atoms with Gasteiger partial charge in [0.05, 0.1) is 0 Å². The van der Waals surface area contributed by atoms with Crippen LogP contribution in [-0.4, -0.2) is 32.0 Å². The smallest absolute Gasteiger partial charge is 0.248 e. The molecule has 0 radical (unpaired) electrons. The molecule has 0 bridgehead atoms. The molecule has 3 N–H and O–H groups in total. The number of rotatable bonds is 5. The summed E-state index contributed by atoms with van der Waals surface area (Å²) in [6.07, 6.45) is 0. The molecular formula is C16H12F2N6O2. The van der Waals surface area contributed by atoms with Gasteiger partial charge >= 0.3 is 0 Å². The summed E-state index contributed by atoms with van der Waals surface area (Å²) in [5.74, 6) is -2.85. The lowest BCUT2D eigenvalue weighted by Crippen LogP contribution is -2.21. The Morgan fingerprint density at radius 2 is 1.73 bits per heavy atom. The molecule has 0 aliphatic heterocycles. The molecule has 132 valence electrons. The number of halogens is 2. The number of amides is 2. The van der Waals surface area contributed by atoms with E-state index in [1.54, 1.807) is 12.1 Å². The van der Waals surface area contributed by atoms with Gasteiger partial charge < -0.3 is 11.1 Å². The Labute approximate surface area is 145 Å². The second-order valence-electron chi connectivity index (χ2n) is 5.23. The second-order valence-corrected chi connectivity index (χ2v) is 5.23. The predicted molar refractivity (Wildman–Crippen MR) is 86.8 cm³/mol. The molecule has 1 aromatic heterocycles. The molecule has 26 heavy (non-hydrogen) atoms. The number of primary amides is 1. The average Bonchev–Trinajstić information content (AvgIpc) is 3.07. The van der Waals surface area contributed by atoms with Crippen LogP contribution in [0.25, 0.3) is 11.4 Å². The molecule has 0 unspecified atom stereocenters. The molecule has 0 atom stereocenters. The normalized spacial score (nSPS) is 10.5. The van der Waals surface area contributed by atoms with E-state index in [2.05, 4.69) is 20.7 Å². The number of para-hydroxylation sites is 1. The van der Waals surface area contributed by atoms with Crippen LogP contribution >= 0.6 is 0 Å². The minimum absolute atomic E-state index is 0.214. The summed E-state index contributed by atoms with van der Waals surface area (Å²) in [5, 5.41) is 13.6. The van der Waals surface area contributed by atoms with Crippen molar-refractivity contribution in [1.82, 2.24) is 20.2 Å². The van der Waals surface area contributed by atoms with Crippen LogP contribution in [0.2, 0.25) is 0 Å². The predicted octanol–water partition coefficient (Wildman–Crippen LogP) is 1.36. The van der Waals surface area contributed by atoms with Gasteiger partial charge in [0.15, 0.2) is 0 Å².